The number of fused-ring (bicyclic) bond motifs is 1. The van der Waals surface area contributed by atoms with Crippen molar-refractivity contribution in [2.24, 2.45) is 0 Å². The van der Waals surface area contributed by atoms with Crippen LogP contribution in [0.2, 0.25) is 0 Å². The van der Waals surface area contributed by atoms with E-state index in [9.17, 15) is 4.79 Å². The Morgan fingerprint density at radius 2 is 1.68 bits per heavy atom. The minimum atomic E-state index is -0.128. The van der Waals surface area contributed by atoms with E-state index in [4.69, 9.17) is 9.47 Å². The van der Waals surface area contributed by atoms with E-state index < -0.39 is 0 Å². The zero-order valence-electron chi connectivity index (χ0n) is 20.0. The molecule has 5 nitrogen and oxygen atoms in total. The van der Waals surface area contributed by atoms with Gasteiger partial charge in [0, 0.05) is 35.5 Å². The van der Waals surface area contributed by atoms with Crippen LogP contribution in [-0.2, 0) is 11.2 Å². The van der Waals surface area contributed by atoms with Crippen molar-refractivity contribution in [2.75, 3.05) is 14.2 Å². The fourth-order valence-corrected chi connectivity index (χ4v) is 4.48. The van der Waals surface area contributed by atoms with E-state index in [2.05, 4.69) is 41.5 Å². The van der Waals surface area contributed by atoms with E-state index in [1.165, 1.54) is 5.56 Å². The van der Waals surface area contributed by atoms with Crippen LogP contribution in [0.1, 0.15) is 42.4 Å². The largest absolute Gasteiger partial charge is 0.493 e. The minimum Gasteiger partial charge on any atom is -0.493 e. The molecule has 0 saturated carbocycles. The lowest BCUT2D eigenvalue weighted by Gasteiger charge is -2.21. The standard InChI is InChI=1S/C29H32N2O3/c1-20(13-14-21-9-5-4-6-10-21)31-29(32)18-24(22-15-16-27(33-2)28(17-22)34-3)25-19-30-26-12-8-7-11-23(25)26/h4-12,15-17,19-20,24,30H,13-14,18H2,1-3H3,(H,31,32)/t20-,24+/m0/s1. The van der Waals surface area contributed by atoms with Crippen molar-refractivity contribution in [1.29, 1.82) is 0 Å². The molecule has 0 spiro atoms. The molecule has 0 saturated heterocycles. The maximum absolute atomic E-state index is 13.2. The fourth-order valence-electron chi connectivity index (χ4n) is 4.48. The monoisotopic (exact) mass is 456 g/mol. The predicted octanol–water partition coefficient (Wildman–Crippen LogP) is 5.84. The number of rotatable bonds is 10. The summed E-state index contributed by atoms with van der Waals surface area (Å²) < 4.78 is 11.0. The van der Waals surface area contributed by atoms with Gasteiger partial charge >= 0.3 is 0 Å². The first-order valence-corrected chi connectivity index (χ1v) is 11.7. The molecule has 4 rings (SSSR count). The van der Waals surface area contributed by atoms with E-state index in [0.29, 0.717) is 17.9 Å². The van der Waals surface area contributed by atoms with Gasteiger partial charge in [0.1, 0.15) is 0 Å². The summed E-state index contributed by atoms with van der Waals surface area (Å²) >= 11 is 0. The Hall–Kier alpha value is -3.73. The number of amides is 1. The van der Waals surface area contributed by atoms with Crippen LogP contribution in [0.25, 0.3) is 10.9 Å². The van der Waals surface area contributed by atoms with Gasteiger partial charge < -0.3 is 19.8 Å². The zero-order valence-corrected chi connectivity index (χ0v) is 20.0. The Morgan fingerprint density at radius 3 is 2.44 bits per heavy atom. The van der Waals surface area contributed by atoms with Gasteiger partial charge in [0.05, 0.1) is 14.2 Å². The summed E-state index contributed by atoms with van der Waals surface area (Å²) in [6, 6.07) is 24.5. The van der Waals surface area contributed by atoms with Gasteiger partial charge in [0.15, 0.2) is 11.5 Å². The number of methoxy groups -OCH3 is 2. The lowest BCUT2D eigenvalue weighted by atomic mass is 9.87. The Bertz CT molecular complexity index is 1230. The number of aromatic amines is 1. The lowest BCUT2D eigenvalue weighted by Crippen LogP contribution is -2.33. The predicted molar refractivity (Wildman–Crippen MR) is 137 cm³/mol. The molecular formula is C29H32N2O3. The van der Waals surface area contributed by atoms with Crippen LogP contribution in [-0.4, -0.2) is 31.2 Å². The second-order valence-electron chi connectivity index (χ2n) is 8.65. The Kier molecular flexibility index (Phi) is 7.53. The first kappa shape index (κ1) is 23.4. The Morgan fingerprint density at radius 1 is 0.941 bits per heavy atom. The number of aryl methyl sites for hydroxylation is 1. The van der Waals surface area contributed by atoms with E-state index >= 15 is 0 Å². The van der Waals surface area contributed by atoms with Crippen molar-refractivity contribution in [3.8, 4) is 11.5 Å². The molecule has 0 aliphatic heterocycles. The molecule has 3 aromatic carbocycles. The number of benzene rings is 3. The summed E-state index contributed by atoms with van der Waals surface area (Å²) in [6.45, 7) is 2.07. The number of nitrogens with one attached hydrogen (secondary N) is 2. The third kappa shape index (κ3) is 5.42. The molecule has 5 heteroatoms. The van der Waals surface area contributed by atoms with E-state index in [1.807, 2.05) is 54.7 Å². The van der Waals surface area contributed by atoms with Gasteiger partial charge in [-0.25, -0.2) is 0 Å². The summed E-state index contributed by atoms with van der Waals surface area (Å²) in [5.74, 6) is 1.23. The smallest absolute Gasteiger partial charge is 0.221 e. The summed E-state index contributed by atoms with van der Waals surface area (Å²) in [5.41, 5.74) is 4.44. The first-order valence-electron chi connectivity index (χ1n) is 11.7. The highest BCUT2D eigenvalue weighted by molar-refractivity contribution is 5.86. The fraction of sp³-hybridized carbons (Fsp3) is 0.276. The normalized spacial score (nSPS) is 12.8. The molecule has 4 aromatic rings. The molecule has 176 valence electrons. The average molecular weight is 457 g/mol. The van der Waals surface area contributed by atoms with Crippen molar-refractivity contribution >= 4 is 16.8 Å². The van der Waals surface area contributed by atoms with Crippen molar-refractivity contribution in [3.63, 3.8) is 0 Å². The third-order valence-electron chi connectivity index (χ3n) is 6.31. The van der Waals surface area contributed by atoms with Gasteiger partial charge in [0.2, 0.25) is 5.91 Å². The minimum absolute atomic E-state index is 0.0330. The molecular weight excluding hydrogens is 424 g/mol. The highest BCUT2D eigenvalue weighted by Crippen LogP contribution is 2.37. The van der Waals surface area contributed by atoms with Gasteiger partial charge in [-0.1, -0.05) is 54.6 Å². The number of carbonyl (C=O) groups excluding carboxylic acids is 1. The average Bonchev–Trinajstić information content (AvgIpc) is 3.30. The number of ether oxygens (including phenoxy) is 2. The summed E-state index contributed by atoms with van der Waals surface area (Å²) in [4.78, 5) is 16.5. The highest BCUT2D eigenvalue weighted by atomic mass is 16.5. The Balaban J connectivity index is 1.55. The van der Waals surface area contributed by atoms with Crippen LogP contribution in [0.15, 0.2) is 79.0 Å². The van der Waals surface area contributed by atoms with Gasteiger partial charge in [0.25, 0.3) is 0 Å². The van der Waals surface area contributed by atoms with Crippen molar-refractivity contribution < 1.29 is 14.3 Å². The second-order valence-corrected chi connectivity index (χ2v) is 8.65. The first-order chi connectivity index (χ1) is 16.6. The molecule has 0 bridgehead atoms. The van der Waals surface area contributed by atoms with Gasteiger partial charge in [-0.05, 0) is 54.7 Å². The van der Waals surface area contributed by atoms with Gasteiger partial charge in [-0.15, -0.1) is 0 Å². The van der Waals surface area contributed by atoms with E-state index in [1.54, 1.807) is 14.2 Å². The molecule has 1 aromatic heterocycles. The molecule has 0 radical (unpaired) electrons. The maximum Gasteiger partial charge on any atom is 0.221 e. The second kappa shape index (κ2) is 10.9. The quantitative estimate of drug-likeness (QED) is 0.315. The van der Waals surface area contributed by atoms with Gasteiger partial charge in [-0.2, -0.15) is 0 Å². The molecule has 1 heterocycles. The molecule has 2 atom stereocenters. The molecule has 0 fully saturated rings. The molecule has 34 heavy (non-hydrogen) atoms. The number of para-hydroxylation sites is 1. The number of hydrogen-bond donors (Lipinski definition) is 2. The highest BCUT2D eigenvalue weighted by Gasteiger charge is 2.23. The summed E-state index contributed by atoms with van der Waals surface area (Å²) in [7, 11) is 3.25. The number of hydrogen-bond acceptors (Lipinski definition) is 3. The van der Waals surface area contributed by atoms with E-state index in [-0.39, 0.29) is 17.9 Å². The van der Waals surface area contributed by atoms with Crippen molar-refractivity contribution in [3.05, 3.63) is 95.7 Å². The van der Waals surface area contributed by atoms with Crippen LogP contribution in [0.4, 0.5) is 0 Å². The Labute approximate surface area is 201 Å². The zero-order chi connectivity index (χ0) is 23.9. The number of carbonyl (C=O) groups is 1. The van der Waals surface area contributed by atoms with Crippen LogP contribution >= 0.6 is 0 Å². The summed E-state index contributed by atoms with van der Waals surface area (Å²) in [6.07, 6.45) is 4.18. The third-order valence-corrected chi connectivity index (χ3v) is 6.31. The van der Waals surface area contributed by atoms with Crippen LogP contribution in [0.3, 0.4) is 0 Å². The van der Waals surface area contributed by atoms with Crippen molar-refractivity contribution in [2.45, 2.75) is 38.1 Å². The van der Waals surface area contributed by atoms with Crippen LogP contribution in [0, 0.1) is 0 Å². The molecule has 2 N–H and O–H groups in total. The molecule has 0 aliphatic carbocycles. The number of H-pyrrole nitrogens is 1. The summed E-state index contributed by atoms with van der Waals surface area (Å²) in [5, 5.41) is 4.32. The lowest BCUT2D eigenvalue weighted by molar-refractivity contribution is -0.121. The molecule has 1 amide bonds. The molecule has 0 unspecified atom stereocenters. The van der Waals surface area contributed by atoms with Gasteiger partial charge in [-0.3, -0.25) is 4.79 Å². The van der Waals surface area contributed by atoms with Crippen LogP contribution < -0.4 is 14.8 Å². The van der Waals surface area contributed by atoms with Crippen molar-refractivity contribution in [1.82, 2.24) is 10.3 Å². The number of aromatic nitrogens is 1. The van der Waals surface area contributed by atoms with E-state index in [0.717, 1.165) is 34.9 Å². The SMILES string of the molecule is COc1ccc([C@@H](CC(=O)N[C@@H](C)CCc2ccccc2)c2c[nH]c3ccccc23)cc1OC. The topological polar surface area (TPSA) is 63.3 Å². The van der Waals surface area contributed by atoms with Crippen LogP contribution in [0.5, 0.6) is 11.5 Å². The maximum atomic E-state index is 13.2. The molecule has 0 aliphatic rings.